The van der Waals surface area contributed by atoms with E-state index in [1.807, 2.05) is 53.4 Å². The predicted octanol–water partition coefficient (Wildman–Crippen LogP) is 5.64. The lowest BCUT2D eigenvalue weighted by molar-refractivity contribution is 0.0746. The van der Waals surface area contributed by atoms with E-state index >= 15 is 0 Å². The van der Waals surface area contributed by atoms with Gasteiger partial charge in [-0.1, -0.05) is 53.2 Å². The summed E-state index contributed by atoms with van der Waals surface area (Å²) in [7, 11) is 0. The van der Waals surface area contributed by atoms with Crippen LogP contribution in [0.5, 0.6) is 0 Å². The van der Waals surface area contributed by atoms with E-state index in [1.54, 1.807) is 0 Å². The lowest BCUT2D eigenvalue weighted by atomic mass is 10.1. The van der Waals surface area contributed by atoms with Gasteiger partial charge in [0.15, 0.2) is 5.16 Å². The summed E-state index contributed by atoms with van der Waals surface area (Å²) in [6.45, 7) is 4.95. The van der Waals surface area contributed by atoms with Crippen molar-refractivity contribution in [3.05, 3.63) is 75.9 Å². The number of halogens is 2. The quantitative estimate of drug-likeness (QED) is 0.235. The van der Waals surface area contributed by atoms with Crippen molar-refractivity contribution in [1.82, 2.24) is 14.9 Å². The zero-order valence-corrected chi connectivity index (χ0v) is 21.7. The van der Waals surface area contributed by atoms with Crippen molar-refractivity contribution in [2.75, 3.05) is 49.1 Å². The van der Waals surface area contributed by atoms with Gasteiger partial charge in [0, 0.05) is 67.4 Å². The minimum atomic E-state index is 0.0675. The summed E-state index contributed by atoms with van der Waals surface area (Å²) in [5.74, 6) is 1.63. The molecule has 0 atom stereocenters. The number of thioether (sulfide) groups is 1. The van der Waals surface area contributed by atoms with Gasteiger partial charge in [-0.3, -0.25) is 4.79 Å². The summed E-state index contributed by atoms with van der Waals surface area (Å²) in [5.41, 5.74) is 2.87. The zero-order chi connectivity index (χ0) is 24.2. The zero-order valence-electron chi connectivity index (χ0n) is 19.4. The van der Waals surface area contributed by atoms with Crippen LogP contribution in [0.4, 0.5) is 11.5 Å². The maximum Gasteiger partial charge on any atom is 0.253 e. The average molecular weight is 529 g/mol. The van der Waals surface area contributed by atoms with Crippen LogP contribution in [0.25, 0.3) is 0 Å². The molecule has 182 valence electrons. The van der Waals surface area contributed by atoms with E-state index in [4.69, 9.17) is 28.2 Å². The predicted molar refractivity (Wildman–Crippen MR) is 144 cm³/mol. The molecule has 2 aliphatic rings. The minimum absolute atomic E-state index is 0.0675. The number of carbonyl (C=O) groups is 1. The SMILES string of the molecule is O=C(c1cccc(CSc2nc(Cl)cc(N3CCCC3)n2)c1)N1CCN(c2cccc(Cl)c2)CC1. The Kier molecular flexibility index (Phi) is 7.66. The van der Waals surface area contributed by atoms with Crippen molar-refractivity contribution in [2.45, 2.75) is 23.8 Å². The first-order valence-corrected chi connectivity index (χ1v) is 13.6. The highest BCUT2D eigenvalue weighted by atomic mass is 35.5. The van der Waals surface area contributed by atoms with Gasteiger partial charge in [-0.05, 0) is 48.7 Å². The fourth-order valence-corrected chi connectivity index (χ4v) is 5.73. The van der Waals surface area contributed by atoms with E-state index in [-0.39, 0.29) is 5.91 Å². The molecule has 1 aromatic heterocycles. The molecule has 3 heterocycles. The first-order chi connectivity index (χ1) is 17.0. The molecule has 0 radical (unpaired) electrons. The molecule has 0 saturated carbocycles. The third-order valence-corrected chi connectivity index (χ3v) is 7.72. The molecule has 0 unspecified atom stereocenters. The molecule has 35 heavy (non-hydrogen) atoms. The molecular weight excluding hydrogens is 501 g/mol. The van der Waals surface area contributed by atoms with Gasteiger partial charge >= 0.3 is 0 Å². The van der Waals surface area contributed by atoms with Gasteiger partial charge in [0.2, 0.25) is 0 Å². The van der Waals surface area contributed by atoms with Crippen LogP contribution in [0.1, 0.15) is 28.8 Å². The van der Waals surface area contributed by atoms with Crippen LogP contribution in [0, 0.1) is 0 Å². The van der Waals surface area contributed by atoms with Crippen molar-refractivity contribution < 1.29 is 4.79 Å². The Hall–Kier alpha value is -2.48. The molecule has 0 bridgehead atoms. The number of benzene rings is 2. The number of aromatic nitrogens is 2. The molecule has 2 aliphatic heterocycles. The number of hydrogen-bond acceptors (Lipinski definition) is 6. The van der Waals surface area contributed by atoms with Gasteiger partial charge in [0.05, 0.1) is 0 Å². The molecule has 0 aliphatic carbocycles. The average Bonchev–Trinajstić information content (AvgIpc) is 3.42. The highest BCUT2D eigenvalue weighted by molar-refractivity contribution is 7.98. The van der Waals surface area contributed by atoms with Crippen molar-refractivity contribution in [1.29, 1.82) is 0 Å². The number of rotatable bonds is 6. The van der Waals surface area contributed by atoms with Gasteiger partial charge in [-0.25, -0.2) is 9.97 Å². The summed E-state index contributed by atoms with van der Waals surface area (Å²) in [4.78, 5) is 28.7. The maximum atomic E-state index is 13.2. The van der Waals surface area contributed by atoms with Gasteiger partial charge in [-0.15, -0.1) is 0 Å². The van der Waals surface area contributed by atoms with E-state index in [0.717, 1.165) is 48.3 Å². The Morgan fingerprint density at radius 1 is 0.857 bits per heavy atom. The van der Waals surface area contributed by atoms with Gasteiger partial charge in [0.1, 0.15) is 11.0 Å². The fraction of sp³-hybridized carbons (Fsp3) is 0.346. The smallest absolute Gasteiger partial charge is 0.253 e. The van der Waals surface area contributed by atoms with Crippen molar-refractivity contribution in [2.24, 2.45) is 0 Å². The maximum absolute atomic E-state index is 13.2. The molecule has 0 N–H and O–H groups in total. The monoisotopic (exact) mass is 527 g/mol. The molecule has 2 aromatic carbocycles. The second-order valence-electron chi connectivity index (χ2n) is 8.77. The summed E-state index contributed by atoms with van der Waals surface area (Å²) in [5, 5.41) is 1.85. The van der Waals surface area contributed by atoms with E-state index in [9.17, 15) is 4.79 Å². The van der Waals surface area contributed by atoms with Crippen LogP contribution in [-0.4, -0.2) is 60.0 Å². The van der Waals surface area contributed by atoms with Gasteiger partial charge in [-0.2, -0.15) is 0 Å². The molecule has 3 aromatic rings. The molecular formula is C26H27Cl2N5OS. The summed E-state index contributed by atoms with van der Waals surface area (Å²) >= 11 is 13.9. The Morgan fingerprint density at radius 3 is 2.40 bits per heavy atom. The lowest BCUT2D eigenvalue weighted by Gasteiger charge is -2.36. The molecule has 2 fully saturated rings. The molecule has 6 nitrogen and oxygen atoms in total. The van der Waals surface area contributed by atoms with Crippen LogP contribution in [0.3, 0.4) is 0 Å². The normalized spacial score (nSPS) is 16.1. The molecule has 2 saturated heterocycles. The second kappa shape index (κ2) is 11.1. The Balaban J connectivity index is 1.20. The molecule has 5 rings (SSSR count). The van der Waals surface area contributed by atoms with Crippen molar-refractivity contribution in [3.63, 3.8) is 0 Å². The lowest BCUT2D eigenvalue weighted by Crippen LogP contribution is -2.48. The highest BCUT2D eigenvalue weighted by Gasteiger charge is 2.23. The first-order valence-electron chi connectivity index (χ1n) is 11.9. The van der Waals surface area contributed by atoms with Crippen LogP contribution in [0.2, 0.25) is 10.2 Å². The van der Waals surface area contributed by atoms with E-state index in [0.29, 0.717) is 34.7 Å². The first kappa shape index (κ1) is 24.2. The fourth-order valence-electron chi connectivity index (χ4n) is 4.52. The van der Waals surface area contributed by atoms with E-state index < -0.39 is 0 Å². The van der Waals surface area contributed by atoms with Crippen LogP contribution in [0.15, 0.2) is 59.8 Å². The second-order valence-corrected chi connectivity index (χ2v) is 10.5. The third-order valence-electron chi connectivity index (χ3n) is 6.37. The van der Waals surface area contributed by atoms with Crippen molar-refractivity contribution in [3.8, 4) is 0 Å². The Bertz CT molecular complexity index is 1200. The third kappa shape index (κ3) is 6.02. The van der Waals surface area contributed by atoms with Crippen LogP contribution < -0.4 is 9.80 Å². The Morgan fingerprint density at radius 2 is 1.63 bits per heavy atom. The van der Waals surface area contributed by atoms with E-state index in [2.05, 4.69) is 20.9 Å². The topological polar surface area (TPSA) is 52.6 Å². The minimum Gasteiger partial charge on any atom is -0.368 e. The number of anilines is 2. The molecule has 9 heteroatoms. The van der Waals surface area contributed by atoms with Crippen molar-refractivity contribution >= 4 is 52.4 Å². The number of nitrogens with zero attached hydrogens (tertiary/aromatic N) is 5. The number of piperazine rings is 1. The number of carbonyl (C=O) groups excluding carboxylic acids is 1. The molecule has 1 amide bonds. The Labute approximate surface area is 220 Å². The summed E-state index contributed by atoms with van der Waals surface area (Å²) in [6, 6.07) is 17.5. The standard InChI is InChI=1S/C26H27Cl2N5OS/c27-21-7-4-8-22(16-21)31-11-13-33(14-12-31)25(34)20-6-3-5-19(15-20)18-35-26-29-23(28)17-24(30-26)32-9-1-2-10-32/h3-8,15-17H,1-2,9-14,18H2. The van der Waals surface area contributed by atoms with Crippen LogP contribution >= 0.6 is 35.0 Å². The number of amides is 1. The highest BCUT2D eigenvalue weighted by Crippen LogP contribution is 2.27. The molecule has 0 spiro atoms. The number of hydrogen-bond donors (Lipinski definition) is 0. The largest absolute Gasteiger partial charge is 0.368 e. The summed E-state index contributed by atoms with van der Waals surface area (Å²) in [6.07, 6.45) is 2.36. The van der Waals surface area contributed by atoms with E-state index in [1.165, 1.54) is 24.6 Å². The summed E-state index contributed by atoms with van der Waals surface area (Å²) < 4.78 is 0. The van der Waals surface area contributed by atoms with Gasteiger partial charge < -0.3 is 14.7 Å². The van der Waals surface area contributed by atoms with Crippen LogP contribution in [-0.2, 0) is 5.75 Å². The van der Waals surface area contributed by atoms with Gasteiger partial charge in [0.25, 0.3) is 5.91 Å².